The van der Waals surface area contributed by atoms with Crippen molar-refractivity contribution in [3.05, 3.63) is 33.6 Å². The van der Waals surface area contributed by atoms with Gasteiger partial charge in [0.05, 0.1) is 17.6 Å². The van der Waals surface area contributed by atoms with E-state index in [2.05, 4.69) is 5.32 Å². The molecule has 1 aliphatic heterocycles. The predicted octanol–water partition coefficient (Wildman–Crippen LogP) is 2.95. The molecule has 0 aliphatic carbocycles. The summed E-state index contributed by atoms with van der Waals surface area (Å²) >= 11 is 0. The van der Waals surface area contributed by atoms with E-state index in [0.29, 0.717) is 18.2 Å². The van der Waals surface area contributed by atoms with E-state index in [1.807, 2.05) is 0 Å². The van der Waals surface area contributed by atoms with E-state index >= 15 is 0 Å². The first-order valence-corrected chi connectivity index (χ1v) is 6.88. The van der Waals surface area contributed by atoms with Gasteiger partial charge in [0.15, 0.2) is 11.6 Å². The normalized spacial score (nSPS) is 18.2. The minimum atomic E-state index is -0.679. The summed E-state index contributed by atoms with van der Waals surface area (Å²) in [4.78, 5) is 10.1. The monoisotopic (exact) mass is 282 g/mol. The van der Waals surface area contributed by atoms with Gasteiger partial charge in [0.25, 0.3) is 5.69 Å². The third-order valence-electron chi connectivity index (χ3n) is 3.56. The van der Waals surface area contributed by atoms with E-state index in [1.54, 1.807) is 6.92 Å². The van der Waals surface area contributed by atoms with Crippen LogP contribution in [0.1, 0.15) is 31.2 Å². The molecule has 0 amide bonds. The highest BCUT2D eigenvalue weighted by atomic mass is 19.1. The van der Waals surface area contributed by atoms with Crippen molar-refractivity contribution in [3.63, 3.8) is 0 Å². The van der Waals surface area contributed by atoms with Crippen LogP contribution in [-0.2, 0) is 0 Å². The lowest BCUT2D eigenvalue weighted by molar-refractivity contribution is -0.385. The second-order valence-corrected chi connectivity index (χ2v) is 5.11. The Bertz CT molecular complexity index is 488. The van der Waals surface area contributed by atoms with E-state index in [1.165, 1.54) is 18.9 Å². The Morgan fingerprint density at radius 1 is 1.55 bits per heavy atom. The van der Waals surface area contributed by atoms with Gasteiger partial charge in [0, 0.05) is 11.6 Å². The molecule has 0 aromatic heterocycles. The minimum absolute atomic E-state index is 0.0903. The summed E-state index contributed by atoms with van der Waals surface area (Å²) in [7, 11) is 0. The first-order chi connectivity index (χ1) is 9.58. The van der Waals surface area contributed by atoms with Crippen molar-refractivity contribution in [2.75, 3.05) is 13.2 Å². The van der Waals surface area contributed by atoms with Crippen LogP contribution in [0.3, 0.4) is 0 Å². The average molecular weight is 282 g/mol. The lowest BCUT2D eigenvalue weighted by Gasteiger charge is -2.11. The number of hydrogen-bond donors (Lipinski definition) is 1. The van der Waals surface area contributed by atoms with Crippen LogP contribution in [0.2, 0.25) is 0 Å². The molecule has 20 heavy (non-hydrogen) atoms. The maximum absolute atomic E-state index is 13.7. The summed E-state index contributed by atoms with van der Waals surface area (Å²) in [6.45, 7) is 3.07. The second-order valence-electron chi connectivity index (χ2n) is 5.11. The van der Waals surface area contributed by atoms with Crippen LogP contribution in [0.15, 0.2) is 12.1 Å². The zero-order valence-electron chi connectivity index (χ0n) is 11.5. The van der Waals surface area contributed by atoms with Crippen molar-refractivity contribution in [1.82, 2.24) is 5.32 Å². The molecular formula is C14H19FN2O3. The van der Waals surface area contributed by atoms with Crippen LogP contribution in [-0.4, -0.2) is 24.1 Å². The van der Waals surface area contributed by atoms with E-state index < -0.39 is 10.7 Å². The van der Waals surface area contributed by atoms with Gasteiger partial charge in [-0.05, 0) is 45.2 Å². The molecular weight excluding hydrogens is 263 g/mol. The Morgan fingerprint density at radius 3 is 3.00 bits per heavy atom. The summed E-state index contributed by atoms with van der Waals surface area (Å²) in [5.41, 5.74) is 0.189. The third kappa shape index (κ3) is 3.66. The third-order valence-corrected chi connectivity index (χ3v) is 3.56. The van der Waals surface area contributed by atoms with E-state index in [-0.39, 0.29) is 11.4 Å². The van der Waals surface area contributed by atoms with Gasteiger partial charge in [-0.25, -0.2) is 4.39 Å². The van der Waals surface area contributed by atoms with Gasteiger partial charge in [0.2, 0.25) is 0 Å². The first kappa shape index (κ1) is 14.7. The Labute approximate surface area is 117 Å². The quantitative estimate of drug-likeness (QED) is 0.495. The molecule has 0 radical (unpaired) electrons. The second kappa shape index (κ2) is 6.65. The van der Waals surface area contributed by atoms with Gasteiger partial charge >= 0.3 is 0 Å². The Morgan fingerprint density at radius 2 is 2.35 bits per heavy atom. The molecule has 1 saturated heterocycles. The molecule has 0 saturated carbocycles. The molecule has 1 unspecified atom stereocenters. The first-order valence-electron chi connectivity index (χ1n) is 6.88. The number of nitrogens with zero attached hydrogens (tertiary/aromatic N) is 1. The fraction of sp³-hybridized carbons (Fsp3) is 0.571. The van der Waals surface area contributed by atoms with Crippen molar-refractivity contribution in [2.24, 2.45) is 0 Å². The molecule has 0 spiro atoms. The van der Waals surface area contributed by atoms with Gasteiger partial charge in [-0.15, -0.1) is 0 Å². The molecule has 1 atom stereocenters. The summed E-state index contributed by atoms with van der Waals surface area (Å²) < 4.78 is 19.1. The van der Waals surface area contributed by atoms with Crippen LogP contribution >= 0.6 is 0 Å². The molecule has 1 aromatic rings. The van der Waals surface area contributed by atoms with Crippen LogP contribution in [0, 0.1) is 22.9 Å². The number of rotatable bonds is 6. The molecule has 6 heteroatoms. The molecule has 1 aliphatic rings. The fourth-order valence-electron chi connectivity index (χ4n) is 2.47. The summed E-state index contributed by atoms with van der Waals surface area (Å²) in [6.07, 6.45) is 4.24. The van der Waals surface area contributed by atoms with Gasteiger partial charge in [-0.2, -0.15) is 0 Å². The Kier molecular flexibility index (Phi) is 4.89. The lowest BCUT2D eigenvalue weighted by Crippen LogP contribution is -2.21. The number of nitrogens with one attached hydrogen (secondary N) is 1. The largest absolute Gasteiger partial charge is 0.491 e. The van der Waals surface area contributed by atoms with Crippen LogP contribution < -0.4 is 10.1 Å². The fourth-order valence-corrected chi connectivity index (χ4v) is 2.47. The molecule has 0 bridgehead atoms. The molecule has 110 valence electrons. The van der Waals surface area contributed by atoms with Gasteiger partial charge in [0.1, 0.15) is 0 Å². The molecule has 1 N–H and O–H groups in total. The highest BCUT2D eigenvalue weighted by Gasteiger charge is 2.17. The summed E-state index contributed by atoms with van der Waals surface area (Å²) in [5.74, 6) is -0.589. The Balaban J connectivity index is 1.86. The van der Waals surface area contributed by atoms with Crippen LogP contribution in [0.5, 0.6) is 5.75 Å². The highest BCUT2D eigenvalue weighted by molar-refractivity contribution is 5.45. The minimum Gasteiger partial charge on any atom is -0.491 e. The topological polar surface area (TPSA) is 64.4 Å². The van der Waals surface area contributed by atoms with Crippen LogP contribution in [0.4, 0.5) is 10.1 Å². The number of hydrogen-bond acceptors (Lipinski definition) is 4. The Hall–Kier alpha value is -1.69. The van der Waals surface area contributed by atoms with E-state index in [0.717, 1.165) is 25.5 Å². The number of ether oxygens (including phenoxy) is 1. The van der Waals surface area contributed by atoms with Gasteiger partial charge < -0.3 is 10.1 Å². The standard InChI is InChI=1S/C14H19FN2O3/c1-10-8-14(12(15)9-13(10)17(18)19)20-7-3-5-11-4-2-6-16-11/h8-9,11,16H,2-7H2,1H3. The number of halogens is 1. The predicted molar refractivity (Wildman–Crippen MR) is 73.5 cm³/mol. The van der Waals surface area contributed by atoms with Crippen molar-refractivity contribution in [3.8, 4) is 5.75 Å². The lowest BCUT2D eigenvalue weighted by atomic mass is 10.1. The number of nitro groups is 1. The van der Waals surface area contributed by atoms with Crippen molar-refractivity contribution < 1.29 is 14.1 Å². The SMILES string of the molecule is Cc1cc(OCCCC2CCCN2)c(F)cc1[N+](=O)[O-]. The van der Waals surface area contributed by atoms with Gasteiger partial charge in [-0.1, -0.05) is 0 Å². The highest BCUT2D eigenvalue weighted by Crippen LogP contribution is 2.27. The van der Waals surface area contributed by atoms with Crippen molar-refractivity contribution >= 4 is 5.69 Å². The summed E-state index contributed by atoms with van der Waals surface area (Å²) in [6, 6.07) is 2.85. The summed E-state index contributed by atoms with van der Waals surface area (Å²) in [5, 5.41) is 14.1. The van der Waals surface area contributed by atoms with Gasteiger partial charge in [-0.3, -0.25) is 10.1 Å². The molecule has 1 fully saturated rings. The number of aryl methyl sites for hydroxylation is 1. The molecule has 2 rings (SSSR count). The maximum Gasteiger partial charge on any atom is 0.275 e. The maximum atomic E-state index is 13.7. The van der Waals surface area contributed by atoms with Crippen molar-refractivity contribution in [1.29, 1.82) is 0 Å². The number of benzene rings is 1. The van der Waals surface area contributed by atoms with Crippen molar-refractivity contribution in [2.45, 2.75) is 38.6 Å². The van der Waals surface area contributed by atoms with E-state index in [9.17, 15) is 14.5 Å². The average Bonchev–Trinajstić information content (AvgIpc) is 2.90. The smallest absolute Gasteiger partial charge is 0.275 e. The molecule has 5 nitrogen and oxygen atoms in total. The number of nitro benzene ring substituents is 1. The zero-order valence-corrected chi connectivity index (χ0v) is 11.5. The van der Waals surface area contributed by atoms with Crippen LogP contribution in [0.25, 0.3) is 0 Å². The molecule has 1 heterocycles. The van der Waals surface area contributed by atoms with E-state index in [4.69, 9.17) is 4.74 Å². The molecule has 1 aromatic carbocycles. The zero-order chi connectivity index (χ0) is 14.5.